The number of alkyl halides is 3. The van der Waals surface area contributed by atoms with E-state index in [1.807, 2.05) is 13.8 Å². The molecule has 1 fully saturated rings. The molecule has 27 heavy (non-hydrogen) atoms. The molecule has 0 aromatic carbocycles. The van der Waals surface area contributed by atoms with Gasteiger partial charge in [0.2, 0.25) is 5.88 Å². The molecule has 2 aromatic heterocycles. The fourth-order valence-electron chi connectivity index (χ4n) is 2.70. The zero-order valence-corrected chi connectivity index (χ0v) is 15.5. The van der Waals surface area contributed by atoms with E-state index in [9.17, 15) is 21.6 Å². The highest BCUT2D eigenvalue weighted by Crippen LogP contribution is 2.31. The normalized spacial score (nSPS) is 19.0. The molecular formula is C16H19F3N4O3S. The first-order chi connectivity index (χ1) is 12.6. The quantitative estimate of drug-likeness (QED) is 0.766. The summed E-state index contributed by atoms with van der Waals surface area (Å²) in [4.78, 5) is 7.74. The van der Waals surface area contributed by atoms with Gasteiger partial charge in [0.05, 0.1) is 18.4 Å². The van der Waals surface area contributed by atoms with Gasteiger partial charge in [-0.2, -0.15) is 17.5 Å². The topological polar surface area (TPSA) is 77.3 Å². The Morgan fingerprint density at radius 3 is 2.67 bits per heavy atom. The Balaban J connectivity index is 1.69. The van der Waals surface area contributed by atoms with Gasteiger partial charge in [0.25, 0.3) is 10.0 Å². The summed E-state index contributed by atoms with van der Waals surface area (Å²) in [7, 11) is -3.79. The first-order valence-electron chi connectivity index (χ1n) is 8.31. The van der Waals surface area contributed by atoms with Crippen LogP contribution in [-0.4, -0.2) is 46.5 Å². The molecule has 148 valence electrons. The molecule has 0 radical (unpaired) electrons. The highest BCUT2D eigenvalue weighted by molar-refractivity contribution is 7.89. The zero-order chi connectivity index (χ0) is 19.8. The molecule has 0 amide bonds. The first kappa shape index (κ1) is 19.6. The number of sulfonamides is 1. The minimum atomic E-state index is -4.50. The lowest BCUT2D eigenvalue weighted by Crippen LogP contribution is -2.31. The fourth-order valence-corrected chi connectivity index (χ4v) is 4.11. The molecule has 2 aromatic rings. The third kappa shape index (κ3) is 4.24. The number of imidazole rings is 1. The Hall–Kier alpha value is -2.14. The summed E-state index contributed by atoms with van der Waals surface area (Å²) < 4.78 is 72.0. The Kier molecular flexibility index (Phi) is 5.17. The molecular weight excluding hydrogens is 385 g/mol. The van der Waals surface area contributed by atoms with E-state index in [0.29, 0.717) is 6.42 Å². The van der Waals surface area contributed by atoms with Gasteiger partial charge >= 0.3 is 6.18 Å². The van der Waals surface area contributed by atoms with E-state index in [2.05, 4.69) is 9.97 Å². The average Bonchev–Trinajstić information content (AvgIpc) is 3.24. The number of aromatic nitrogens is 3. The summed E-state index contributed by atoms with van der Waals surface area (Å²) in [6.07, 6.45) is -0.803. The molecule has 0 bridgehead atoms. The molecule has 7 nitrogen and oxygen atoms in total. The van der Waals surface area contributed by atoms with Crippen LogP contribution in [0.4, 0.5) is 13.2 Å². The van der Waals surface area contributed by atoms with E-state index in [4.69, 9.17) is 4.74 Å². The van der Waals surface area contributed by atoms with Crippen LogP contribution in [0.25, 0.3) is 0 Å². The van der Waals surface area contributed by atoms with Crippen LogP contribution in [0.5, 0.6) is 5.88 Å². The third-order valence-corrected chi connectivity index (χ3v) is 5.99. The number of rotatable bonds is 5. The molecule has 0 aliphatic carbocycles. The van der Waals surface area contributed by atoms with E-state index in [1.54, 1.807) is 4.57 Å². The summed E-state index contributed by atoms with van der Waals surface area (Å²) in [6, 6.07) is 1.73. The number of pyridine rings is 1. The van der Waals surface area contributed by atoms with Gasteiger partial charge in [-0.3, -0.25) is 0 Å². The number of hydrogen-bond acceptors (Lipinski definition) is 5. The smallest absolute Gasteiger partial charge is 0.416 e. The maximum absolute atomic E-state index is 12.8. The highest BCUT2D eigenvalue weighted by atomic mass is 32.2. The lowest BCUT2D eigenvalue weighted by molar-refractivity contribution is -0.137. The van der Waals surface area contributed by atoms with Crippen molar-refractivity contribution in [1.82, 2.24) is 18.8 Å². The number of hydrogen-bond donors (Lipinski definition) is 0. The van der Waals surface area contributed by atoms with Crippen molar-refractivity contribution >= 4 is 10.0 Å². The Morgan fingerprint density at radius 1 is 1.30 bits per heavy atom. The van der Waals surface area contributed by atoms with Crippen molar-refractivity contribution in [3.63, 3.8) is 0 Å². The second-order valence-corrected chi connectivity index (χ2v) is 8.41. The average molecular weight is 404 g/mol. The lowest BCUT2D eigenvalue weighted by atomic mass is 10.2. The van der Waals surface area contributed by atoms with E-state index in [1.165, 1.54) is 16.8 Å². The number of ether oxygens (including phenoxy) is 1. The van der Waals surface area contributed by atoms with Gasteiger partial charge in [0.15, 0.2) is 5.03 Å². The van der Waals surface area contributed by atoms with Gasteiger partial charge < -0.3 is 9.30 Å². The van der Waals surface area contributed by atoms with E-state index < -0.39 is 27.9 Å². The molecule has 1 saturated heterocycles. The molecule has 1 unspecified atom stereocenters. The van der Waals surface area contributed by atoms with Crippen LogP contribution in [0, 0.1) is 0 Å². The van der Waals surface area contributed by atoms with Gasteiger partial charge in [-0.15, -0.1) is 0 Å². The van der Waals surface area contributed by atoms with E-state index >= 15 is 0 Å². The maximum atomic E-state index is 12.8. The minimum Gasteiger partial charge on any atom is -0.473 e. The van der Waals surface area contributed by atoms with Crippen molar-refractivity contribution in [2.45, 2.75) is 43.6 Å². The Morgan fingerprint density at radius 2 is 2.04 bits per heavy atom. The zero-order valence-electron chi connectivity index (χ0n) is 14.7. The molecule has 1 aliphatic heterocycles. The Labute approximate surface area is 154 Å². The highest BCUT2D eigenvalue weighted by Gasteiger charge is 2.36. The summed E-state index contributed by atoms with van der Waals surface area (Å²) in [5.41, 5.74) is -0.866. The number of halogens is 3. The van der Waals surface area contributed by atoms with E-state index in [-0.39, 0.29) is 30.0 Å². The van der Waals surface area contributed by atoms with Crippen molar-refractivity contribution in [2.75, 3.05) is 13.1 Å². The van der Waals surface area contributed by atoms with Crippen molar-refractivity contribution in [2.24, 2.45) is 0 Å². The standard InChI is InChI=1S/C16H19F3N4O3S/c1-11(2)22-9-15(21-10-22)27(24,25)23-6-4-13(8-23)26-14-7-12(3-5-20-14)16(17,18)19/h3,5,7,9-11,13H,4,6,8H2,1-2H3. The number of nitrogens with zero attached hydrogens (tertiary/aromatic N) is 4. The largest absolute Gasteiger partial charge is 0.473 e. The summed E-state index contributed by atoms with van der Waals surface area (Å²) in [5, 5.41) is -0.0611. The van der Waals surface area contributed by atoms with Crippen LogP contribution in [-0.2, 0) is 16.2 Å². The van der Waals surface area contributed by atoms with Gasteiger partial charge in [0.1, 0.15) is 6.10 Å². The Bertz CT molecular complexity index is 912. The summed E-state index contributed by atoms with van der Waals surface area (Å²) in [5.74, 6) is -0.182. The summed E-state index contributed by atoms with van der Waals surface area (Å²) in [6.45, 7) is 4.02. The second kappa shape index (κ2) is 7.12. The predicted molar refractivity (Wildman–Crippen MR) is 89.6 cm³/mol. The van der Waals surface area contributed by atoms with Gasteiger partial charge in [0, 0.05) is 31.0 Å². The van der Waals surface area contributed by atoms with Crippen LogP contribution >= 0.6 is 0 Å². The van der Waals surface area contributed by atoms with E-state index in [0.717, 1.165) is 18.3 Å². The maximum Gasteiger partial charge on any atom is 0.416 e. The van der Waals surface area contributed by atoms with Gasteiger partial charge in [-0.05, 0) is 26.3 Å². The van der Waals surface area contributed by atoms with Crippen molar-refractivity contribution in [1.29, 1.82) is 0 Å². The molecule has 0 spiro atoms. The molecule has 1 aliphatic rings. The van der Waals surface area contributed by atoms with Crippen LogP contribution in [0.15, 0.2) is 35.9 Å². The van der Waals surface area contributed by atoms with Crippen LogP contribution in [0.1, 0.15) is 31.9 Å². The molecule has 3 heterocycles. The minimum absolute atomic E-state index is 0.0226. The first-order valence-corrected chi connectivity index (χ1v) is 9.75. The third-order valence-electron chi connectivity index (χ3n) is 4.24. The van der Waals surface area contributed by atoms with Crippen LogP contribution in [0.3, 0.4) is 0 Å². The van der Waals surface area contributed by atoms with Crippen LogP contribution < -0.4 is 4.74 Å². The predicted octanol–water partition coefficient (Wildman–Crippen LogP) is 2.72. The van der Waals surface area contributed by atoms with Gasteiger partial charge in [-0.1, -0.05) is 0 Å². The monoisotopic (exact) mass is 404 g/mol. The van der Waals surface area contributed by atoms with Crippen molar-refractivity contribution < 1.29 is 26.3 Å². The second-order valence-electron chi connectivity index (χ2n) is 6.52. The molecule has 11 heteroatoms. The fraction of sp³-hybridized carbons (Fsp3) is 0.500. The van der Waals surface area contributed by atoms with Crippen LogP contribution in [0.2, 0.25) is 0 Å². The molecule has 3 rings (SSSR count). The SMILES string of the molecule is CC(C)n1cnc(S(=O)(=O)N2CCC(Oc3cc(C(F)(F)F)ccn3)C2)c1. The van der Waals surface area contributed by atoms with Crippen molar-refractivity contribution in [3.05, 3.63) is 36.4 Å². The van der Waals surface area contributed by atoms with Crippen molar-refractivity contribution in [3.8, 4) is 5.88 Å². The van der Waals surface area contributed by atoms with Gasteiger partial charge in [-0.25, -0.2) is 18.4 Å². The summed E-state index contributed by atoms with van der Waals surface area (Å²) >= 11 is 0. The lowest BCUT2D eigenvalue weighted by Gasteiger charge is -2.16. The molecule has 0 saturated carbocycles. The molecule has 0 N–H and O–H groups in total. The molecule has 1 atom stereocenters.